The molecule has 0 aromatic heterocycles. The second-order valence-corrected chi connectivity index (χ2v) is 2.88. The van der Waals surface area contributed by atoms with E-state index in [9.17, 15) is 5.11 Å². The number of hydrogen-bond acceptors (Lipinski definition) is 4. The molecule has 0 aromatic rings. The second kappa shape index (κ2) is 3.78. The summed E-state index contributed by atoms with van der Waals surface area (Å²) in [5.74, 6) is 0.175. The molecule has 2 N–H and O–H groups in total. The van der Waals surface area contributed by atoms with Crippen molar-refractivity contribution < 1.29 is 19.7 Å². The molecule has 0 saturated heterocycles. The molecule has 0 amide bonds. The summed E-state index contributed by atoms with van der Waals surface area (Å²) < 4.78 is 10.0. The maximum Gasteiger partial charge on any atom is 0.277 e. The van der Waals surface area contributed by atoms with Crippen LogP contribution < -0.4 is 0 Å². The van der Waals surface area contributed by atoms with Crippen molar-refractivity contribution in [3.05, 3.63) is 12.0 Å². The van der Waals surface area contributed by atoms with Gasteiger partial charge < -0.3 is 19.7 Å². The predicted molar refractivity (Wildman–Crippen MR) is 42.2 cm³/mol. The van der Waals surface area contributed by atoms with Gasteiger partial charge in [-0.1, -0.05) is 6.92 Å². The Hall–Kier alpha value is -0.740. The van der Waals surface area contributed by atoms with Crippen LogP contribution in [0.15, 0.2) is 12.0 Å². The Kier molecular flexibility index (Phi) is 2.94. The molecule has 0 bridgehead atoms. The highest BCUT2D eigenvalue weighted by Crippen LogP contribution is 2.22. The summed E-state index contributed by atoms with van der Waals surface area (Å²) in [6, 6.07) is 0. The smallest absolute Gasteiger partial charge is 0.277 e. The van der Waals surface area contributed by atoms with Crippen molar-refractivity contribution in [2.75, 3.05) is 13.7 Å². The van der Waals surface area contributed by atoms with Gasteiger partial charge in [0.15, 0.2) is 0 Å². The van der Waals surface area contributed by atoms with E-state index in [1.807, 2.05) is 6.92 Å². The number of aliphatic hydroxyl groups excluding tert-OH is 2. The first kappa shape index (κ1) is 9.35. The molecule has 3 atom stereocenters. The molecular formula is C8H14O4. The number of methoxy groups -OCH3 is 1. The third-order valence-electron chi connectivity index (χ3n) is 2.08. The van der Waals surface area contributed by atoms with Gasteiger partial charge in [0.05, 0.1) is 19.8 Å². The number of aliphatic hydroxyl groups is 2. The van der Waals surface area contributed by atoms with Crippen LogP contribution in [0.2, 0.25) is 0 Å². The number of rotatable bonds is 2. The molecular weight excluding hydrogens is 160 g/mol. The minimum atomic E-state index is -0.606. The van der Waals surface area contributed by atoms with Crippen LogP contribution in [-0.4, -0.2) is 36.1 Å². The van der Waals surface area contributed by atoms with Gasteiger partial charge >= 0.3 is 0 Å². The van der Waals surface area contributed by atoms with E-state index >= 15 is 0 Å². The second-order valence-electron chi connectivity index (χ2n) is 2.88. The summed E-state index contributed by atoms with van der Waals surface area (Å²) in [5.41, 5.74) is 0. The lowest BCUT2D eigenvalue weighted by molar-refractivity contribution is -0.0814. The van der Waals surface area contributed by atoms with Gasteiger partial charge in [-0.3, -0.25) is 0 Å². The molecule has 3 unspecified atom stereocenters. The first-order chi connectivity index (χ1) is 5.69. The lowest BCUT2D eigenvalue weighted by atomic mass is 9.96. The van der Waals surface area contributed by atoms with E-state index < -0.39 is 6.10 Å². The predicted octanol–water partition coefficient (Wildman–Crippen LogP) is -0.138. The van der Waals surface area contributed by atoms with E-state index in [1.54, 1.807) is 0 Å². The van der Waals surface area contributed by atoms with Gasteiger partial charge in [0, 0.05) is 12.0 Å². The van der Waals surface area contributed by atoms with E-state index in [0.29, 0.717) is 0 Å². The molecule has 0 fully saturated rings. The fourth-order valence-corrected chi connectivity index (χ4v) is 1.13. The average molecular weight is 174 g/mol. The summed E-state index contributed by atoms with van der Waals surface area (Å²) in [6.45, 7) is 1.70. The largest absolute Gasteiger partial charge is 0.469 e. The standard InChI is InChI=1S/C8H14O4/c1-5-6(10)3-8(11-2)12-7(5)4-9/h3,5-7,9-10H,4H2,1-2H3. The lowest BCUT2D eigenvalue weighted by Crippen LogP contribution is -2.37. The maximum atomic E-state index is 9.43. The first-order valence-corrected chi connectivity index (χ1v) is 3.90. The first-order valence-electron chi connectivity index (χ1n) is 3.90. The van der Waals surface area contributed by atoms with E-state index in [4.69, 9.17) is 14.6 Å². The Labute approximate surface area is 71.4 Å². The highest BCUT2D eigenvalue weighted by molar-refractivity contribution is 4.99. The monoisotopic (exact) mass is 174 g/mol. The van der Waals surface area contributed by atoms with Crippen molar-refractivity contribution >= 4 is 0 Å². The highest BCUT2D eigenvalue weighted by Gasteiger charge is 2.30. The van der Waals surface area contributed by atoms with Gasteiger partial charge in [-0.2, -0.15) is 0 Å². The van der Waals surface area contributed by atoms with Gasteiger partial charge in [-0.05, 0) is 0 Å². The quantitative estimate of drug-likeness (QED) is 0.612. The van der Waals surface area contributed by atoms with Crippen molar-refractivity contribution in [3.63, 3.8) is 0 Å². The maximum absolute atomic E-state index is 9.43. The molecule has 4 nitrogen and oxygen atoms in total. The summed E-state index contributed by atoms with van der Waals surface area (Å²) in [7, 11) is 1.46. The van der Waals surface area contributed by atoms with E-state index in [-0.39, 0.29) is 24.6 Å². The molecule has 0 radical (unpaired) electrons. The van der Waals surface area contributed by atoms with Gasteiger partial charge in [0.1, 0.15) is 6.10 Å². The van der Waals surface area contributed by atoms with Crippen LogP contribution >= 0.6 is 0 Å². The van der Waals surface area contributed by atoms with Crippen LogP contribution in [0.25, 0.3) is 0 Å². The molecule has 0 aromatic carbocycles. The van der Waals surface area contributed by atoms with Crippen molar-refractivity contribution in [2.45, 2.75) is 19.1 Å². The molecule has 4 heteroatoms. The zero-order valence-electron chi connectivity index (χ0n) is 7.23. The molecule has 0 saturated carbocycles. The van der Waals surface area contributed by atoms with Crippen molar-refractivity contribution in [1.29, 1.82) is 0 Å². The van der Waals surface area contributed by atoms with Crippen LogP contribution in [-0.2, 0) is 9.47 Å². The Bertz CT molecular complexity index is 178. The summed E-state index contributed by atoms with van der Waals surface area (Å²) in [4.78, 5) is 0. The fourth-order valence-electron chi connectivity index (χ4n) is 1.13. The zero-order chi connectivity index (χ0) is 9.14. The normalized spacial score (nSPS) is 35.3. The van der Waals surface area contributed by atoms with Crippen LogP contribution in [0.4, 0.5) is 0 Å². The molecule has 1 aliphatic heterocycles. The molecule has 1 rings (SSSR count). The van der Waals surface area contributed by atoms with Crippen LogP contribution in [0.5, 0.6) is 0 Å². The molecule has 70 valence electrons. The number of ether oxygens (including phenoxy) is 2. The van der Waals surface area contributed by atoms with Crippen LogP contribution in [0.3, 0.4) is 0 Å². The third kappa shape index (κ3) is 1.70. The molecule has 0 aliphatic carbocycles. The molecule has 12 heavy (non-hydrogen) atoms. The van der Waals surface area contributed by atoms with Crippen molar-refractivity contribution in [3.8, 4) is 0 Å². The summed E-state index contributed by atoms with van der Waals surface area (Å²) in [6.07, 6.45) is 0.516. The number of hydrogen-bond donors (Lipinski definition) is 2. The minimum absolute atomic E-state index is 0.103. The average Bonchev–Trinajstić information content (AvgIpc) is 2.09. The summed E-state index contributed by atoms with van der Waals surface area (Å²) in [5, 5.41) is 18.3. The highest BCUT2D eigenvalue weighted by atomic mass is 16.7. The third-order valence-corrected chi connectivity index (χ3v) is 2.08. The SMILES string of the molecule is COC1=CC(O)C(C)C(CO)O1. The Balaban J connectivity index is 2.68. The lowest BCUT2D eigenvalue weighted by Gasteiger charge is -2.30. The van der Waals surface area contributed by atoms with E-state index in [0.717, 1.165) is 0 Å². The minimum Gasteiger partial charge on any atom is -0.469 e. The molecule has 1 heterocycles. The molecule has 1 aliphatic rings. The van der Waals surface area contributed by atoms with E-state index in [2.05, 4.69) is 0 Å². The van der Waals surface area contributed by atoms with Gasteiger partial charge in [0.25, 0.3) is 5.95 Å². The van der Waals surface area contributed by atoms with Crippen LogP contribution in [0, 0.1) is 5.92 Å². The van der Waals surface area contributed by atoms with Crippen molar-refractivity contribution in [2.24, 2.45) is 5.92 Å². The zero-order valence-corrected chi connectivity index (χ0v) is 7.23. The Morgan fingerprint density at radius 1 is 1.67 bits per heavy atom. The van der Waals surface area contributed by atoms with Crippen LogP contribution in [0.1, 0.15) is 6.92 Å². The Morgan fingerprint density at radius 3 is 2.83 bits per heavy atom. The topological polar surface area (TPSA) is 58.9 Å². The molecule has 0 spiro atoms. The van der Waals surface area contributed by atoms with Gasteiger partial charge in [-0.25, -0.2) is 0 Å². The Morgan fingerprint density at radius 2 is 2.33 bits per heavy atom. The van der Waals surface area contributed by atoms with Gasteiger partial charge in [-0.15, -0.1) is 0 Å². The van der Waals surface area contributed by atoms with Crippen molar-refractivity contribution in [1.82, 2.24) is 0 Å². The van der Waals surface area contributed by atoms with E-state index in [1.165, 1.54) is 13.2 Å². The van der Waals surface area contributed by atoms with Gasteiger partial charge in [0.2, 0.25) is 0 Å². The fraction of sp³-hybridized carbons (Fsp3) is 0.750. The summed E-state index contributed by atoms with van der Waals surface area (Å²) >= 11 is 0.